The molecule has 27 heavy (non-hydrogen) atoms. The van der Waals surface area contributed by atoms with Crippen LogP contribution in [0.15, 0.2) is 48.5 Å². The van der Waals surface area contributed by atoms with E-state index in [9.17, 15) is 0 Å². The summed E-state index contributed by atoms with van der Waals surface area (Å²) in [4.78, 5) is 0. The first-order valence-electron chi connectivity index (χ1n) is 10.8. The van der Waals surface area contributed by atoms with Crippen LogP contribution in [0.5, 0.6) is 0 Å². The molecule has 0 saturated heterocycles. The fraction of sp³-hybridized carbons (Fsp3) is 0.538. The molecule has 0 atom stereocenters. The fourth-order valence-corrected chi connectivity index (χ4v) is 12.0. The fourth-order valence-electron chi connectivity index (χ4n) is 4.80. The summed E-state index contributed by atoms with van der Waals surface area (Å²) in [5.41, 5.74) is 3.12. The smallest absolute Gasteiger partial charge is 0.0651 e. The quantitative estimate of drug-likeness (QED) is 0.438. The zero-order chi connectivity index (χ0) is 20.3. The van der Waals surface area contributed by atoms with Gasteiger partial charge in [0.1, 0.15) is 8.07 Å². The van der Waals surface area contributed by atoms with E-state index in [0.717, 1.165) is 0 Å². The molecule has 0 aliphatic heterocycles. The van der Waals surface area contributed by atoms with Gasteiger partial charge in [0.2, 0.25) is 0 Å². The predicted octanol–water partition coefficient (Wildman–Crippen LogP) is 6.88. The summed E-state index contributed by atoms with van der Waals surface area (Å²) >= 11 is 0. The van der Waals surface area contributed by atoms with Crippen LogP contribution in [0.1, 0.15) is 71.9 Å². The summed E-state index contributed by atoms with van der Waals surface area (Å²) in [7, 11) is -2.02. The van der Waals surface area contributed by atoms with Crippen molar-refractivity contribution in [3.63, 3.8) is 0 Å². The second kappa shape index (κ2) is 8.35. The first kappa shape index (κ1) is 22.0. The molecule has 0 fully saturated rings. The van der Waals surface area contributed by atoms with Crippen molar-refractivity contribution in [1.82, 2.24) is 0 Å². The number of hydrogen-bond donors (Lipinski definition) is 0. The summed E-state index contributed by atoms with van der Waals surface area (Å²) in [5.74, 6) is 0. The van der Waals surface area contributed by atoms with Gasteiger partial charge in [-0.2, -0.15) is 0 Å². The Morgan fingerprint density at radius 3 is 1.48 bits per heavy atom. The van der Waals surface area contributed by atoms with E-state index in [1.807, 2.05) is 0 Å². The van der Waals surface area contributed by atoms with Crippen molar-refractivity contribution in [3.05, 3.63) is 59.7 Å². The molecule has 2 rings (SSSR count). The molecule has 0 aliphatic rings. The lowest BCUT2D eigenvalue weighted by molar-refractivity contribution is 0.383. The Balaban J connectivity index is 2.92. The lowest BCUT2D eigenvalue weighted by atomic mass is 9.93. The summed E-state index contributed by atoms with van der Waals surface area (Å²) in [5, 5.41) is 3.59. The molecule has 0 bridgehead atoms. The third-order valence-corrected chi connectivity index (χ3v) is 14.2. The first-order valence-corrected chi connectivity index (χ1v) is 13.0. The minimum atomic E-state index is -2.02. The van der Waals surface area contributed by atoms with Gasteiger partial charge < -0.3 is 0 Å². The largest absolute Gasteiger partial charge is 0.124 e. The van der Waals surface area contributed by atoms with Crippen molar-refractivity contribution in [3.8, 4) is 0 Å². The lowest BCUT2D eigenvalue weighted by Gasteiger charge is -2.51. The Morgan fingerprint density at radius 2 is 1.15 bits per heavy atom. The van der Waals surface area contributed by atoms with Gasteiger partial charge in [0, 0.05) is 0 Å². The molecule has 0 aliphatic carbocycles. The monoisotopic (exact) mass is 380 g/mol. The van der Waals surface area contributed by atoms with Crippen molar-refractivity contribution in [1.29, 1.82) is 0 Å². The minimum absolute atomic E-state index is 0.334. The number of hydrogen-bond acceptors (Lipinski definition) is 0. The predicted molar refractivity (Wildman–Crippen MR) is 125 cm³/mol. The molecule has 1 heteroatoms. The molecule has 0 unspecified atom stereocenters. The Bertz CT molecular complexity index is 707. The van der Waals surface area contributed by atoms with Crippen molar-refractivity contribution in [2.75, 3.05) is 0 Å². The molecular formula is C26H40Si. The van der Waals surface area contributed by atoms with E-state index in [1.54, 1.807) is 10.4 Å². The molecule has 0 aromatic heterocycles. The summed E-state index contributed by atoms with van der Waals surface area (Å²) in [6.45, 7) is 19.2. The van der Waals surface area contributed by atoms with Gasteiger partial charge in [0.05, 0.1) is 0 Å². The van der Waals surface area contributed by atoms with Gasteiger partial charge in [-0.3, -0.25) is 0 Å². The normalized spacial score (nSPS) is 13.0. The van der Waals surface area contributed by atoms with Crippen LogP contribution in [0.4, 0.5) is 0 Å². The van der Waals surface area contributed by atoms with Crippen LogP contribution >= 0.6 is 0 Å². The summed E-state index contributed by atoms with van der Waals surface area (Å²) in [6.07, 6.45) is 3.69. The first-order chi connectivity index (χ1) is 12.6. The average Bonchev–Trinajstić information content (AvgIpc) is 2.65. The Kier molecular flexibility index (Phi) is 6.79. The second-order valence-electron chi connectivity index (χ2n) is 9.61. The van der Waals surface area contributed by atoms with Gasteiger partial charge in [0.15, 0.2) is 0 Å². The summed E-state index contributed by atoms with van der Waals surface area (Å²) < 4.78 is 0. The number of aryl methyl sites for hydroxylation is 2. The molecule has 0 nitrogen and oxygen atoms in total. The van der Waals surface area contributed by atoms with Gasteiger partial charge in [-0.1, -0.05) is 131 Å². The van der Waals surface area contributed by atoms with Crippen LogP contribution in [0.25, 0.3) is 0 Å². The zero-order valence-corrected chi connectivity index (χ0v) is 19.9. The Hall–Kier alpha value is -1.34. The number of rotatable bonds is 8. The van der Waals surface area contributed by atoms with E-state index >= 15 is 0 Å². The molecule has 0 heterocycles. The van der Waals surface area contributed by atoms with Crippen LogP contribution in [0.3, 0.4) is 0 Å². The zero-order valence-electron chi connectivity index (χ0n) is 18.9. The van der Waals surface area contributed by atoms with Crippen molar-refractivity contribution in [2.45, 2.75) is 85.7 Å². The highest BCUT2D eigenvalue weighted by Gasteiger charge is 2.52. The highest BCUT2D eigenvalue weighted by atomic mass is 28.3. The van der Waals surface area contributed by atoms with Gasteiger partial charge >= 0.3 is 0 Å². The van der Waals surface area contributed by atoms with Crippen LogP contribution in [-0.4, -0.2) is 8.07 Å². The lowest BCUT2D eigenvalue weighted by Crippen LogP contribution is -2.67. The molecule has 0 radical (unpaired) electrons. The van der Waals surface area contributed by atoms with E-state index in [0.29, 0.717) is 10.5 Å². The maximum atomic E-state index is 2.58. The molecule has 0 saturated carbocycles. The summed E-state index contributed by atoms with van der Waals surface area (Å²) in [6, 6.07) is 20.3. The highest BCUT2D eigenvalue weighted by Crippen LogP contribution is 2.49. The third kappa shape index (κ3) is 4.24. The second-order valence-corrected chi connectivity index (χ2v) is 14.1. The van der Waals surface area contributed by atoms with E-state index in [-0.39, 0.29) is 0 Å². The van der Waals surface area contributed by atoms with Crippen LogP contribution in [0, 0.1) is 19.3 Å². The van der Waals surface area contributed by atoms with Crippen molar-refractivity contribution < 1.29 is 0 Å². The molecule has 0 spiro atoms. The van der Waals surface area contributed by atoms with Crippen LogP contribution in [0.2, 0.25) is 11.1 Å². The van der Waals surface area contributed by atoms with Crippen molar-refractivity contribution in [2.24, 2.45) is 5.41 Å². The maximum absolute atomic E-state index is 2.58. The molecule has 2 aromatic rings. The topological polar surface area (TPSA) is 0 Å². The minimum Gasteiger partial charge on any atom is -0.0651 e. The Morgan fingerprint density at radius 1 is 0.704 bits per heavy atom. The average molecular weight is 381 g/mol. The standard InChI is InChI=1S/C26H40Si/c1-9-25(6,7)20-27(26(8,10-2)11-3,23-16-12-14-21(4)18-23)24-17-13-15-22(5)19-24/h12-19H,9-11,20H2,1-8H3. The highest BCUT2D eigenvalue weighted by molar-refractivity contribution is 7.04. The van der Waals surface area contributed by atoms with Crippen molar-refractivity contribution >= 4 is 18.4 Å². The Labute approximate surface area is 169 Å². The molecule has 148 valence electrons. The van der Waals surface area contributed by atoms with Gasteiger partial charge in [-0.25, -0.2) is 0 Å². The SMILES string of the molecule is CCC(C)(C)C[Si](c1cccc(C)c1)(c1cccc(C)c1)C(C)(CC)CC. The van der Waals surface area contributed by atoms with E-state index < -0.39 is 8.07 Å². The molecule has 2 aromatic carbocycles. The van der Waals surface area contributed by atoms with E-state index in [2.05, 4.69) is 104 Å². The maximum Gasteiger partial charge on any atom is 0.124 e. The van der Waals surface area contributed by atoms with E-state index in [1.165, 1.54) is 36.4 Å². The van der Waals surface area contributed by atoms with Gasteiger partial charge in [-0.15, -0.1) is 0 Å². The van der Waals surface area contributed by atoms with Gasteiger partial charge in [-0.05, 0) is 30.3 Å². The molecular weight excluding hydrogens is 340 g/mol. The van der Waals surface area contributed by atoms with Crippen LogP contribution < -0.4 is 10.4 Å². The van der Waals surface area contributed by atoms with E-state index in [4.69, 9.17) is 0 Å². The molecule has 0 amide bonds. The van der Waals surface area contributed by atoms with Gasteiger partial charge in [0.25, 0.3) is 0 Å². The third-order valence-electron chi connectivity index (χ3n) is 7.31. The number of benzene rings is 2. The molecule has 0 N–H and O–H groups in total. The van der Waals surface area contributed by atoms with Crippen LogP contribution in [-0.2, 0) is 0 Å².